The van der Waals surface area contributed by atoms with Crippen molar-refractivity contribution in [2.75, 3.05) is 6.79 Å². The molecular weight excluding hydrogens is 284 g/mol. The van der Waals surface area contributed by atoms with Gasteiger partial charge in [-0.05, 0) is 46.0 Å². The molecule has 0 saturated carbocycles. The van der Waals surface area contributed by atoms with Crippen molar-refractivity contribution in [1.82, 2.24) is 0 Å². The minimum Gasteiger partial charge on any atom is -0.454 e. The summed E-state index contributed by atoms with van der Waals surface area (Å²) in [4.78, 5) is 0. The van der Waals surface area contributed by atoms with Gasteiger partial charge in [-0.25, -0.2) is 0 Å². The van der Waals surface area contributed by atoms with E-state index in [1.54, 1.807) is 0 Å². The smallest absolute Gasteiger partial charge is 0.231 e. The van der Waals surface area contributed by atoms with Crippen molar-refractivity contribution in [2.45, 2.75) is 32.8 Å². The molecule has 2 atom stereocenters. The summed E-state index contributed by atoms with van der Waals surface area (Å²) >= 11 is 3.43. The Labute approximate surface area is 110 Å². The minimum absolute atomic E-state index is 0.249. The molecule has 0 amide bonds. The Hall–Kier alpha value is -0.740. The van der Waals surface area contributed by atoms with E-state index < -0.39 is 6.10 Å². The van der Waals surface area contributed by atoms with E-state index in [-0.39, 0.29) is 6.79 Å². The molecule has 2 rings (SSSR count). The maximum atomic E-state index is 10.2. The lowest BCUT2D eigenvalue weighted by Gasteiger charge is -2.16. The molecule has 1 aromatic carbocycles. The molecule has 0 saturated heterocycles. The van der Waals surface area contributed by atoms with Crippen LogP contribution in [-0.2, 0) is 0 Å². The summed E-state index contributed by atoms with van der Waals surface area (Å²) in [7, 11) is 0. The molecule has 3 nitrogen and oxygen atoms in total. The van der Waals surface area contributed by atoms with Crippen molar-refractivity contribution in [2.24, 2.45) is 5.92 Å². The van der Waals surface area contributed by atoms with Gasteiger partial charge < -0.3 is 14.6 Å². The molecule has 0 spiro atoms. The zero-order chi connectivity index (χ0) is 12.4. The fourth-order valence-electron chi connectivity index (χ4n) is 1.86. The summed E-state index contributed by atoms with van der Waals surface area (Å²) in [6, 6.07) is 3.76. The maximum Gasteiger partial charge on any atom is 0.231 e. The molecule has 0 aromatic heterocycles. The van der Waals surface area contributed by atoms with Gasteiger partial charge in [0, 0.05) is 0 Å². The number of benzene rings is 1. The average molecular weight is 301 g/mol. The summed E-state index contributed by atoms with van der Waals surface area (Å²) in [5, 5.41) is 10.2. The van der Waals surface area contributed by atoms with E-state index in [0.717, 1.165) is 28.6 Å². The fraction of sp³-hybridized carbons (Fsp3) is 0.538. The first-order valence-corrected chi connectivity index (χ1v) is 6.68. The quantitative estimate of drug-likeness (QED) is 0.922. The van der Waals surface area contributed by atoms with Crippen molar-refractivity contribution in [3.63, 3.8) is 0 Å². The van der Waals surface area contributed by atoms with Gasteiger partial charge in [-0.2, -0.15) is 0 Å². The van der Waals surface area contributed by atoms with Crippen LogP contribution in [0.5, 0.6) is 11.5 Å². The predicted octanol–water partition coefficient (Wildman–Crippen LogP) is 3.65. The Morgan fingerprint density at radius 2 is 2.18 bits per heavy atom. The van der Waals surface area contributed by atoms with Crippen molar-refractivity contribution in [3.05, 3.63) is 22.2 Å². The molecule has 1 aromatic rings. The van der Waals surface area contributed by atoms with Gasteiger partial charge in [0.15, 0.2) is 11.5 Å². The van der Waals surface area contributed by atoms with Gasteiger partial charge in [-0.3, -0.25) is 0 Å². The highest BCUT2D eigenvalue weighted by Crippen LogP contribution is 2.41. The highest BCUT2D eigenvalue weighted by atomic mass is 79.9. The summed E-state index contributed by atoms with van der Waals surface area (Å²) < 4.78 is 11.5. The van der Waals surface area contributed by atoms with Gasteiger partial charge >= 0.3 is 0 Å². The zero-order valence-electron chi connectivity index (χ0n) is 10.1. The molecule has 0 fully saturated rings. The van der Waals surface area contributed by atoms with Gasteiger partial charge in [-0.1, -0.05) is 20.3 Å². The van der Waals surface area contributed by atoms with Gasteiger partial charge in [0.25, 0.3) is 0 Å². The third-order valence-electron chi connectivity index (χ3n) is 3.16. The molecule has 0 aliphatic carbocycles. The SMILES string of the molecule is CCC(C)CC(O)c1cc(Br)c2c(c1)OCO2. The van der Waals surface area contributed by atoms with E-state index >= 15 is 0 Å². The monoisotopic (exact) mass is 300 g/mol. The Balaban J connectivity index is 2.19. The van der Waals surface area contributed by atoms with Crippen LogP contribution in [0.1, 0.15) is 38.4 Å². The second-order valence-electron chi connectivity index (χ2n) is 4.50. The van der Waals surface area contributed by atoms with Gasteiger partial charge in [0.05, 0.1) is 10.6 Å². The zero-order valence-corrected chi connectivity index (χ0v) is 11.7. The Kier molecular flexibility index (Phi) is 3.94. The van der Waals surface area contributed by atoms with Crippen LogP contribution in [0.25, 0.3) is 0 Å². The lowest BCUT2D eigenvalue weighted by Crippen LogP contribution is -2.03. The highest BCUT2D eigenvalue weighted by Gasteiger charge is 2.21. The fourth-order valence-corrected chi connectivity index (χ4v) is 2.44. The largest absolute Gasteiger partial charge is 0.454 e. The van der Waals surface area contributed by atoms with Crippen LogP contribution in [0, 0.1) is 5.92 Å². The summed E-state index contributed by atoms with van der Waals surface area (Å²) in [5.41, 5.74) is 0.876. The molecule has 0 radical (unpaired) electrons. The van der Waals surface area contributed by atoms with Crippen molar-refractivity contribution >= 4 is 15.9 Å². The average Bonchev–Trinajstić information content (AvgIpc) is 2.77. The molecule has 17 heavy (non-hydrogen) atoms. The molecule has 1 heterocycles. The third-order valence-corrected chi connectivity index (χ3v) is 3.75. The maximum absolute atomic E-state index is 10.2. The molecule has 0 bridgehead atoms. The molecule has 2 unspecified atom stereocenters. The lowest BCUT2D eigenvalue weighted by molar-refractivity contribution is 0.146. The van der Waals surface area contributed by atoms with E-state index in [9.17, 15) is 5.11 Å². The van der Waals surface area contributed by atoms with Gasteiger partial charge in [0.1, 0.15) is 0 Å². The number of halogens is 1. The van der Waals surface area contributed by atoms with Crippen LogP contribution in [0.3, 0.4) is 0 Å². The van der Waals surface area contributed by atoms with E-state index in [1.165, 1.54) is 0 Å². The molecular formula is C13H17BrO3. The van der Waals surface area contributed by atoms with Gasteiger partial charge in [-0.15, -0.1) is 0 Å². The number of hydrogen-bond acceptors (Lipinski definition) is 3. The molecule has 94 valence electrons. The number of ether oxygens (including phenoxy) is 2. The summed E-state index contributed by atoms with van der Waals surface area (Å²) in [6.07, 6.45) is 1.39. The van der Waals surface area contributed by atoms with Crippen LogP contribution >= 0.6 is 15.9 Å². The topological polar surface area (TPSA) is 38.7 Å². The first-order valence-electron chi connectivity index (χ1n) is 5.89. The second-order valence-corrected chi connectivity index (χ2v) is 5.36. The van der Waals surface area contributed by atoms with Crippen molar-refractivity contribution < 1.29 is 14.6 Å². The van der Waals surface area contributed by atoms with Crippen LogP contribution in [-0.4, -0.2) is 11.9 Å². The molecule has 1 aliphatic rings. The number of aliphatic hydroxyl groups excluding tert-OH is 1. The van der Waals surface area contributed by atoms with Gasteiger partial charge in [0.2, 0.25) is 6.79 Å². The first kappa shape index (κ1) is 12.7. The predicted molar refractivity (Wildman–Crippen MR) is 69.3 cm³/mol. The Morgan fingerprint density at radius 1 is 1.41 bits per heavy atom. The number of aliphatic hydroxyl groups is 1. The highest BCUT2D eigenvalue weighted by molar-refractivity contribution is 9.10. The molecule has 1 N–H and O–H groups in total. The minimum atomic E-state index is -0.448. The summed E-state index contributed by atoms with van der Waals surface area (Å²) in [5.74, 6) is 1.94. The number of rotatable bonds is 4. The normalized spacial score (nSPS) is 16.9. The number of fused-ring (bicyclic) bond motifs is 1. The Bertz CT molecular complexity index is 406. The van der Waals surface area contributed by atoms with E-state index in [2.05, 4.69) is 29.8 Å². The first-order chi connectivity index (χ1) is 8.11. The van der Waals surface area contributed by atoms with Crippen LogP contribution < -0.4 is 9.47 Å². The van der Waals surface area contributed by atoms with Crippen molar-refractivity contribution in [3.8, 4) is 11.5 Å². The van der Waals surface area contributed by atoms with Crippen molar-refractivity contribution in [1.29, 1.82) is 0 Å². The standard InChI is InChI=1S/C13H17BrO3/c1-3-8(2)4-11(15)9-5-10(14)13-12(6-9)16-7-17-13/h5-6,8,11,15H,3-4,7H2,1-2H3. The van der Waals surface area contributed by atoms with Crippen LogP contribution in [0.4, 0.5) is 0 Å². The van der Waals surface area contributed by atoms with E-state index in [0.29, 0.717) is 11.7 Å². The second kappa shape index (κ2) is 5.27. The van der Waals surface area contributed by atoms with E-state index in [1.807, 2.05) is 12.1 Å². The third kappa shape index (κ3) is 2.75. The lowest BCUT2D eigenvalue weighted by atomic mass is 9.96. The van der Waals surface area contributed by atoms with E-state index in [4.69, 9.17) is 9.47 Å². The van der Waals surface area contributed by atoms with Crippen LogP contribution in [0.15, 0.2) is 16.6 Å². The Morgan fingerprint density at radius 3 is 2.88 bits per heavy atom. The number of hydrogen-bond donors (Lipinski definition) is 1. The molecule has 1 aliphatic heterocycles. The molecule has 4 heteroatoms. The van der Waals surface area contributed by atoms with Crippen LogP contribution in [0.2, 0.25) is 0 Å². The summed E-state index contributed by atoms with van der Waals surface area (Å²) in [6.45, 7) is 4.52.